The van der Waals surface area contributed by atoms with Crippen LogP contribution in [0.2, 0.25) is 0 Å². The Labute approximate surface area is 163 Å². The molecule has 0 saturated carbocycles. The van der Waals surface area contributed by atoms with Crippen LogP contribution in [0.15, 0.2) is 35.8 Å². The largest absolute Gasteiger partial charge is 0.465 e. The van der Waals surface area contributed by atoms with Crippen LogP contribution in [0.25, 0.3) is 11.1 Å². The van der Waals surface area contributed by atoms with Crippen molar-refractivity contribution in [2.75, 3.05) is 19.0 Å². The second-order valence-corrected chi connectivity index (χ2v) is 7.55. The van der Waals surface area contributed by atoms with E-state index in [1.54, 1.807) is 0 Å². The van der Waals surface area contributed by atoms with E-state index < -0.39 is 23.3 Å². The van der Waals surface area contributed by atoms with Crippen molar-refractivity contribution in [1.29, 1.82) is 0 Å². The minimum Gasteiger partial charge on any atom is -0.465 e. The number of ether oxygens (including phenoxy) is 1. The summed E-state index contributed by atoms with van der Waals surface area (Å²) in [5.74, 6) is -1.13. The first-order valence-corrected chi connectivity index (χ1v) is 9.53. The van der Waals surface area contributed by atoms with Gasteiger partial charge in [0.1, 0.15) is 18.0 Å². The summed E-state index contributed by atoms with van der Waals surface area (Å²) in [6.45, 7) is 0.697. The molecule has 2 aliphatic heterocycles. The van der Waals surface area contributed by atoms with Gasteiger partial charge in [-0.25, -0.2) is 23.5 Å². The summed E-state index contributed by atoms with van der Waals surface area (Å²) in [4.78, 5) is 23.4. The molecule has 7 nitrogen and oxygen atoms in total. The van der Waals surface area contributed by atoms with Gasteiger partial charge in [-0.2, -0.15) is 0 Å². The van der Waals surface area contributed by atoms with Crippen molar-refractivity contribution in [2.45, 2.75) is 12.0 Å². The molecular formula is C18H16F2N4O3S. The van der Waals surface area contributed by atoms with E-state index in [4.69, 9.17) is 9.84 Å². The third-order valence-electron chi connectivity index (χ3n) is 4.95. The number of benzene rings is 1. The van der Waals surface area contributed by atoms with Gasteiger partial charge in [-0.15, -0.1) is 0 Å². The van der Waals surface area contributed by atoms with Crippen LogP contribution in [0, 0.1) is 17.6 Å². The molecule has 1 fully saturated rings. The van der Waals surface area contributed by atoms with E-state index >= 15 is 0 Å². The lowest BCUT2D eigenvalue weighted by atomic mass is 9.75. The van der Waals surface area contributed by atoms with Crippen molar-refractivity contribution >= 4 is 23.0 Å². The molecule has 1 saturated heterocycles. The molecule has 3 heterocycles. The van der Waals surface area contributed by atoms with E-state index in [0.717, 1.165) is 6.07 Å². The van der Waals surface area contributed by atoms with Crippen LogP contribution >= 0.6 is 11.8 Å². The lowest BCUT2D eigenvalue weighted by Crippen LogP contribution is -2.48. The van der Waals surface area contributed by atoms with Crippen molar-refractivity contribution in [1.82, 2.24) is 15.3 Å². The normalized spacial score (nSPS) is 24.2. The fourth-order valence-electron chi connectivity index (χ4n) is 3.63. The number of nitrogens with one attached hydrogen (secondary N) is 1. The van der Waals surface area contributed by atoms with E-state index in [9.17, 15) is 13.6 Å². The number of aromatic nitrogens is 2. The first kappa shape index (κ1) is 18.8. The predicted octanol–water partition coefficient (Wildman–Crippen LogP) is 3.02. The molecule has 2 atom stereocenters. The van der Waals surface area contributed by atoms with Gasteiger partial charge in [-0.1, -0.05) is 11.8 Å². The maximum Gasteiger partial charge on any atom is 0.410 e. The third-order valence-corrected chi connectivity index (χ3v) is 5.99. The predicted molar refractivity (Wildman–Crippen MR) is 99.0 cm³/mol. The number of halogens is 2. The number of carbonyl (C=O) groups is 1. The summed E-state index contributed by atoms with van der Waals surface area (Å²) in [6.07, 6.45) is 3.34. The third kappa shape index (κ3) is 3.33. The minimum absolute atomic E-state index is 0.165. The Balaban J connectivity index is 1.88. The number of fused-ring (bicyclic) bond motifs is 1. The van der Waals surface area contributed by atoms with Crippen LogP contribution in [-0.4, -0.2) is 45.3 Å². The van der Waals surface area contributed by atoms with Crippen LogP contribution in [0.5, 0.6) is 0 Å². The van der Waals surface area contributed by atoms with Crippen LogP contribution in [0.3, 0.4) is 0 Å². The number of aliphatic imine (C=N–C) groups is 1. The number of amidine groups is 1. The summed E-state index contributed by atoms with van der Waals surface area (Å²) >= 11 is 1.24. The van der Waals surface area contributed by atoms with Crippen LogP contribution in [0.1, 0.15) is 12.0 Å². The average Bonchev–Trinajstić information content (AvgIpc) is 2.68. The standard InChI is InChI=1S/C18H16F2N4O3S/c19-14-4-15(20)13(3-12(14)10-5-21-9-22-6-10)18-1-2-27-7-11(18)8-28-16(24-18)23-17(25)26/h3-6,9,11H,1-2,7-8H2,(H,23,24)(H,25,26)/t11?,18-/m0/s1. The zero-order valence-corrected chi connectivity index (χ0v) is 15.4. The fourth-order valence-corrected chi connectivity index (χ4v) is 4.75. The summed E-state index contributed by atoms with van der Waals surface area (Å²) in [5, 5.41) is 11.5. The smallest absolute Gasteiger partial charge is 0.410 e. The Kier molecular flexibility index (Phi) is 4.98. The second kappa shape index (κ2) is 7.44. The molecule has 4 rings (SSSR count). The highest BCUT2D eigenvalue weighted by Crippen LogP contribution is 2.47. The lowest BCUT2D eigenvalue weighted by Gasteiger charge is -2.44. The van der Waals surface area contributed by atoms with E-state index in [0.29, 0.717) is 31.0 Å². The molecule has 0 radical (unpaired) electrons. The lowest BCUT2D eigenvalue weighted by molar-refractivity contribution is 0.00875. The Hall–Kier alpha value is -2.59. The molecule has 1 aromatic heterocycles. The van der Waals surface area contributed by atoms with Crippen LogP contribution in [-0.2, 0) is 10.3 Å². The zero-order valence-electron chi connectivity index (χ0n) is 14.6. The Bertz CT molecular complexity index is 944. The van der Waals surface area contributed by atoms with E-state index in [1.807, 2.05) is 0 Å². The number of amides is 1. The number of hydrogen-bond donors (Lipinski definition) is 2. The van der Waals surface area contributed by atoms with Crippen LogP contribution < -0.4 is 5.32 Å². The van der Waals surface area contributed by atoms with Crippen molar-refractivity contribution in [3.63, 3.8) is 0 Å². The minimum atomic E-state index is -1.24. The molecule has 10 heteroatoms. The molecule has 0 bridgehead atoms. The number of carboxylic acid groups (broad SMARTS) is 1. The van der Waals surface area contributed by atoms with Gasteiger partial charge in [0.25, 0.3) is 0 Å². The van der Waals surface area contributed by atoms with Crippen molar-refractivity contribution in [2.24, 2.45) is 10.9 Å². The van der Waals surface area contributed by atoms with Gasteiger partial charge >= 0.3 is 6.09 Å². The highest BCUT2D eigenvalue weighted by molar-refractivity contribution is 8.13. The topological polar surface area (TPSA) is 96.7 Å². The number of thioether (sulfide) groups is 1. The molecule has 1 aromatic carbocycles. The molecular weight excluding hydrogens is 390 g/mol. The van der Waals surface area contributed by atoms with Gasteiger partial charge in [0.2, 0.25) is 0 Å². The Morgan fingerprint density at radius 2 is 2.07 bits per heavy atom. The molecule has 0 aliphatic carbocycles. The number of rotatable bonds is 2. The monoisotopic (exact) mass is 406 g/mol. The molecule has 2 aliphatic rings. The van der Waals surface area contributed by atoms with E-state index in [2.05, 4.69) is 20.3 Å². The van der Waals surface area contributed by atoms with Gasteiger partial charge in [0.15, 0.2) is 5.17 Å². The van der Waals surface area contributed by atoms with E-state index in [1.165, 1.54) is 36.5 Å². The highest BCUT2D eigenvalue weighted by atomic mass is 32.2. The fraction of sp³-hybridized carbons (Fsp3) is 0.333. The molecule has 0 spiro atoms. The molecule has 2 aromatic rings. The van der Waals surface area contributed by atoms with Gasteiger partial charge < -0.3 is 9.84 Å². The van der Waals surface area contributed by atoms with Gasteiger partial charge in [-0.3, -0.25) is 10.3 Å². The summed E-state index contributed by atoms with van der Waals surface area (Å²) in [6, 6.07) is 2.26. The summed E-state index contributed by atoms with van der Waals surface area (Å²) in [7, 11) is 0. The molecule has 146 valence electrons. The molecule has 1 amide bonds. The van der Waals surface area contributed by atoms with Crippen molar-refractivity contribution < 1.29 is 23.4 Å². The molecule has 1 unspecified atom stereocenters. The van der Waals surface area contributed by atoms with Crippen LogP contribution in [0.4, 0.5) is 13.6 Å². The quantitative estimate of drug-likeness (QED) is 0.796. The first-order chi connectivity index (χ1) is 13.5. The van der Waals surface area contributed by atoms with E-state index in [-0.39, 0.29) is 22.2 Å². The highest BCUT2D eigenvalue weighted by Gasteiger charge is 2.47. The van der Waals surface area contributed by atoms with Crippen molar-refractivity contribution in [3.05, 3.63) is 48.1 Å². The zero-order chi connectivity index (χ0) is 19.7. The Morgan fingerprint density at radius 1 is 1.29 bits per heavy atom. The summed E-state index contributed by atoms with van der Waals surface area (Å²) in [5.41, 5.74) is -0.244. The van der Waals surface area contributed by atoms with Gasteiger partial charge in [0, 0.05) is 59.8 Å². The second-order valence-electron chi connectivity index (χ2n) is 6.54. The molecule has 28 heavy (non-hydrogen) atoms. The SMILES string of the molecule is O=C(O)NC1=N[C@@]2(c3cc(-c4cncnc4)c(F)cc3F)CCOCC2CS1. The molecule has 2 N–H and O–H groups in total. The number of nitrogens with zero attached hydrogens (tertiary/aromatic N) is 3. The number of hydrogen-bond acceptors (Lipinski definition) is 6. The Morgan fingerprint density at radius 3 is 2.82 bits per heavy atom. The van der Waals surface area contributed by atoms with Gasteiger partial charge in [-0.05, 0) is 6.07 Å². The van der Waals surface area contributed by atoms with Gasteiger partial charge in [0.05, 0.1) is 12.1 Å². The average molecular weight is 406 g/mol. The van der Waals surface area contributed by atoms with Crippen molar-refractivity contribution in [3.8, 4) is 11.1 Å². The maximum absolute atomic E-state index is 15.0. The first-order valence-electron chi connectivity index (χ1n) is 8.55. The maximum atomic E-state index is 15.0. The summed E-state index contributed by atoms with van der Waals surface area (Å²) < 4.78 is 35.0.